The van der Waals surface area contributed by atoms with Gasteiger partial charge in [0.25, 0.3) is 0 Å². The molecule has 2 aromatic carbocycles. The second-order valence-corrected chi connectivity index (χ2v) is 5.54. The maximum absolute atomic E-state index is 12.9. The van der Waals surface area contributed by atoms with Crippen molar-refractivity contribution < 1.29 is 18.0 Å². The molecule has 1 N–H and O–H groups in total. The van der Waals surface area contributed by atoms with Crippen molar-refractivity contribution in [3.63, 3.8) is 0 Å². The number of rotatable bonds is 2. The third-order valence-electron chi connectivity index (χ3n) is 4.14. The number of fused-ring (bicyclic) bond motifs is 1. The minimum Gasteiger partial charge on any atom is -0.354 e. The van der Waals surface area contributed by atoms with Crippen LogP contribution in [0.2, 0.25) is 0 Å². The average molecular weight is 317 g/mol. The minimum atomic E-state index is -4.42. The molecule has 0 aliphatic heterocycles. The highest BCUT2D eigenvalue weighted by Crippen LogP contribution is 2.35. The van der Waals surface area contributed by atoms with E-state index in [-0.39, 0.29) is 0 Å². The van der Waals surface area contributed by atoms with Gasteiger partial charge in [-0.1, -0.05) is 24.3 Å². The van der Waals surface area contributed by atoms with Gasteiger partial charge in [0.2, 0.25) is 0 Å². The number of halogens is 3. The number of carbonyl (C=O) groups is 1. The van der Waals surface area contributed by atoms with Gasteiger partial charge < -0.3 is 4.98 Å². The number of hydrogen-bond acceptors (Lipinski definition) is 1. The SMILES string of the molecule is Cc1ccc2c(C=O)c(-c3cccc(C(F)(F)F)c3)[nH]c2c1C. The fraction of sp³-hybridized carbons (Fsp3) is 0.167. The molecular formula is C18H14F3NO. The maximum atomic E-state index is 12.9. The number of alkyl halides is 3. The first-order chi connectivity index (χ1) is 10.8. The first-order valence-corrected chi connectivity index (χ1v) is 7.07. The number of aldehydes is 1. The van der Waals surface area contributed by atoms with Crippen molar-refractivity contribution >= 4 is 17.2 Å². The third-order valence-corrected chi connectivity index (χ3v) is 4.14. The molecule has 1 heterocycles. The standard InChI is InChI=1S/C18H14F3NO/c1-10-6-7-14-15(9-23)17(22-16(14)11(10)2)12-4-3-5-13(8-12)18(19,20)21/h3-9,22H,1-2H3. The summed E-state index contributed by atoms with van der Waals surface area (Å²) in [5.74, 6) is 0. The number of hydrogen-bond donors (Lipinski definition) is 1. The Balaban J connectivity index is 2.28. The summed E-state index contributed by atoms with van der Waals surface area (Å²) in [6.45, 7) is 3.86. The molecule has 0 amide bonds. The van der Waals surface area contributed by atoms with Crippen molar-refractivity contribution in [1.82, 2.24) is 4.98 Å². The zero-order chi connectivity index (χ0) is 16.8. The lowest BCUT2D eigenvalue weighted by Crippen LogP contribution is -2.04. The lowest BCUT2D eigenvalue weighted by Gasteiger charge is -2.08. The predicted molar refractivity (Wildman–Crippen MR) is 83.6 cm³/mol. The molecule has 0 saturated heterocycles. The van der Waals surface area contributed by atoms with E-state index in [4.69, 9.17) is 0 Å². The fourth-order valence-electron chi connectivity index (χ4n) is 2.73. The van der Waals surface area contributed by atoms with Crippen LogP contribution in [-0.2, 0) is 6.18 Å². The lowest BCUT2D eigenvalue weighted by atomic mass is 10.0. The van der Waals surface area contributed by atoms with Gasteiger partial charge in [0.1, 0.15) is 0 Å². The van der Waals surface area contributed by atoms with Crippen LogP contribution in [0.1, 0.15) is 27.0 Å². The van der Waals surface area contributed by atoms with Crippen molar-refractivity contribution in [2.24, 2.45) is 0 Å². The summed E-state index contributed by atoms with van der Waals surface area (Å²) in [5, 5.41) is 0.718. The lowest BCUT2D eigenvalue weighted by molar-refractivity contribution is -0.137. The summed E-state index contributed by atoms with van der Waals surface area (Å²) in [4.78, 5) is 14.6. The molecule has 0 atom stereocenters. The maximum Gasteiger partial charge on any atom is 0.416 e. The number of carbonyl (C=O) groups excluding carboxylic acids is 1. The van der Waals surface area contributed by atoms with Crippen LogP contribution >= 0.6 is 0 Å². The Labute approximate surface area is 130 Å². The number of aromatic amines is 1. The molecular weight excluding hydrogens is 303 g/mol. The smallest absolute Gasteiger partial charge is 0.354 e. The van der Waals surface area contributed by atoms with Gasteiger partial charge in [0.15, 0.2) is 6.29 Å². The molecule has 5 heteroatoms. The molecule has 2 nitrogen and oxygen atoms in total. The second kappa shape index (κ2) is 5.26. The van der Waals surface area contributed by atoms with Crippen molar-refractivity contribution in [2.75, 3.05) is 0 Å². The van der Waals surface area contributed by atoms with Crippen LogP contribution in [0.3, 0.4) is 0 Å². The van der Waals surface area contributed by atoms with Gasteiger partial charge in [-0.25, -0.2) is 0 Å². The van der Waals surface area contributed by atoms with Gasteiger partial charge in [0, 0.05) is 16.5 Å². The zero-order valence-corrected chi connectivity index (χ0v) is 12.6. The van der Waals surface area contributed by atoms with Crippen LogP contribution in [0, 0.1) is 13.8 Å². The predicted octanol–water partition coefficient (Wildman–Crippen LogP) is 5.28. The van der Waals surface area contributed by atoms with E-state index in [0.717, 1.165) is 34.2 Å². The number of nitrogens with one attached hydrogen (secondary N) is 1. The second-order valence-electron chi connectivity index (χ2n) is 5.54. The van der Waals surface area contributed by atoms with Gasteiger partial charge >= 0.3 is 6.18 Å². The highest BCUT2D eigenvalue weighted by atomic mass is 19.4. The number of benzene rings is 2. The van der Waals surface area contributed by atoms with Crippen LogP contribution in [0.25, 0.3) is 22.2 Å². The topological polar surface area (TPSA) is 32.9 Å². The van der Waals surface area contributed by atoms with Crippen molar-refractivity contribution in [1.29, 1.82) is 0 Å². The molecule has 1 aromatic heterocycles. The quantitative estimate of drug-likeness (QED) is 0.641. The van der Waals surface area contributed by atoms with E-state index >= 15 is 0 Å². The summed E-state index contributed by atoms with van der Waals surface area (Å²) in [7, 11) is 0. The Morgan fingerprint density at radius 2 is 1.83 bits per heavy atom. The largest absolute Gasteiger partial charge is 0.416 e. The van der Waals surface area contributed by atoms with E-state index in [2.05, 4.69) is 4.98 Å². The highest BCUT2D eigenvalue weighted by Gasteiger charge is 2.30. The molecule has 23 heavy (non-hydrogen) atoms. The van der Waals surface area contributed by atoms with Gasteiger partial charge in [0.05, 0.1) is 11.3 Å². The van der Waals surface area contributed by atoms with Gasteiger partial charge in [-0.15, -0.1) is 0 Å². The van der Waals surface area contributed by atoms with Crippen LogP contribution in [0.15, 0.2) is 36.4 Å². The summed E-state index contributed by atoms with van der Waals surface area (Å²) in [5.41, 5.74) is 3.20. The molecule has 0 aliphatic rings. The Kier molecular flexibility index (Phi) is 3.51. The molecule has 0 radical (unpaired) electrons. The normalized spacial score (nSPS) is 11.9. The minimum absolute atomic E-state index is 0.343. The molecule has 3 rings (SSSR count). The van der Waals surface area contributed by atoms with Crippen molar-refractivity contribution in [2.45, 2.75) is 20.0 Å². The summed E-state index contributed by atoms with van der Waals surface area (Å²) < 4.78 is 38.7. The highest BCUT2D eigenvalue weighted by molar-refractivity contribution is 6.05. The Hall–Kier alpha value is -2.56. The van der Waals surface area contributed by atoms with E-state index in [1.807, 2.05) is 26.0 Å². The molecule has 0 fully saturated rings. The van der Waals surface area contributed by atoms with Crippen LogP contribution in [-0.4, -0.2) is 11.3 Å². The van der Waals surface area contributed by atoms with Gasteiger partial charge in [-0.2, -0.15) is 13.2 Å². The van der Waals surface area contributed by atoms with E-state index in [0.29, 0.717) is 23.1 Å². The van der Waals surface area contributed by atoms with Crippen LogP contribution < -0.4 is 0 Å². The van der Waals surface area contributed by atoms with Crippen LogP contribution in [0.4, 0.5) is 13.2 Å². The zero-order valence-electron chi connectivity index (χ0n) is 12.6. The molecule has 0 unspecified atom stereocenters. The van der Waals surface area contributed by atoms with E-state index in [1.54, 1.807) is 6.07 Å². The molecule has 118 valence electrons. The Morgan fingerprint density at radius 3 is 2.48 bits per heavy atom. The number of aryl methyl sites for hydroxylation is 2. The van der Waals surface area contributed by atoms with Crippen molar-refractivity contribution in [3.8, 4) is 11.3 Å². The Morgan fingerprint density at radius 1 is 1.09 bits per heavy atom. The Bertz CT molecular complexity index is 907. The van der Waals surface area contributed by atoms with Gasteiger partial charge in [-0.05, 0) is 42.7 Å². The summed E-state index contributed by atoms with van der Waals surface area (Å²) in [6.07, 6.45) is -3.74. The summed E-state index contributed by atoms with van der Waals surface area (Å²) >= 11 is 0. The number of aromatic nitrogens is 1. The van der Waals surface area contributed by atoms with E-state index in [1.165, 1.54) is 6.07 Å². The summed E-state index contributed by atoms with van der Waals surface area (Å²) in [6, 6.07) is 8.69. The molecule has 0 spiro atoms. The molecule has 0 saturated carbocycles. The van der Waals surface area contributed by atoms with Crippen LogP contribution in [0.5, 0.6) is 0 Å². The van der Waals surface area contributed by atoms with E-state index in [9.17, 15) is 18.0 Å². The third kappa shape index (κ3) is 2.52. The first-order valence-electron chi connectivity index (χ1n) is 7.07. The fourth-order valence-corrected chi connectivity index (χ4v) is 2.73. The first kappa shape index (κ1) is 15.3. The average Bonchev–Trinajstić information content (AvgIpc) is 2.89. The molecule has 3 aromatic rings. The van der Waals surface area contributed by atoms with E-state index < -0.39 is 11.7 Å². The molecule has 0 bridgehead atoms. The van der Waals surface area contributed by atoms with Crippen molar-refractivity contribution in [3.05, 3.63) is 58.7 Å². The monoisotopic (exact) mass is 317 g/mol. The number of H-pyrrole nitrogens is 1. The molecule has 0 aliphatic carbocycles. The van der Waals surface area contributed by atoms with Gasteiger partial charge in [-0.3, -0.25) is 4.79 Å².